The van der Waals surface area contributed by atoms with Crippen LogP contribution in [0, 0.1) is 3.57 Å². The third-order valence-electron chi connectivity index (χ3n) is 3.13. The fraction of sp³-hybridized carbons (Fsp3) is 0.385. The monoisotopic (exact) mass is 373 g/mol. The van der Waals surface area contributed by atoms with Crippen LogP contribution in [-0.4, -0.2) is 47.9 Å². The molecule has 3 amide bonds. The van der Waals surface area contributed by atoms with Gasteiger partial charge >= 0.3 is 6.03 Å². The minimum absolute atomic E-state index is 0.0673. The first-order chi connectivity index (χ1) is 9.08. The molecular weight excluding hydrogens is 357 g/mol. The van der Waals surface area contributed by atoms with Gasteiger partial charge in [0.15, 0.2) is 0 Å². The Bertz CT molecular complexity index is 485. The van der Waals surface area contributed by atoms with E-state index in [1.165, 1.54) is 0 Å². The maximum absolute atomic E-state index is 12.1. The zero-order valence-electron chi connectivity index (χ0n) is 10.7. The summed E-state index contributed by atoms with van der Waals surface area (Å²) in [7, 11) is 0. The molecule has 5 nitrogen and oxygen atoms in total. The Morgan fingerprint density at radius 2 is 1.68 bits per heavy atom. The van der Waals surface area contributed by atoms with Gasteiger partial charge in [0.1, 0.15) is 0 Å². The van der Waals surface area contributed by atoms with Gasteiger partial charge in [-0.2, -0.15) is 0 Å². The van der Waals surface area contributed by atoms with Gasteiger partial charge in [0, 0.05) is 36.7 Å². The summed E-state index contributed by atoms with van der Waals surface area (Å²) in [5.41, 5.74) is 0.821. The van der Waals surface area contributed by atoms with Gasteiger partial charge in [-0.1, -0.05) is 12.1 Å². The van der Waals surface area contributed by atoms with Crippen LogP contribution in [0.1, 0.15) is 6.92 Å². The number of piperazine rings is 1. The topological polar surface area (TPSA) is 52.7 Å². The number of hydrogen-bond donors (Lipinski definition) is 1. The lowest BCUT2D eigenvalue weighted by Crippen LogP contribution is -2.51. The van der Waals surface area contributed by atoms with Crippen LogP contribution in [-0.2, 0) is 4.79 Å². The summed E-state index contributed by atoms with van der Waals surface area (Å²) in [6, 6.07) is 7.55. The normalized spacial score (nSPS) is 15.3. The van der Waals surface area contributed by atoms with Gasteiger partial charge in [-0.05, 0) is 34.7 Å². The van der Waals surface area contributed by atoms with Crippen molar-refractivity contribution >= 4 is 40.2 Å². The standard InChI is InChI=1S/C13H16IN3O2/c1-10(18)16-6-8-17(9-7-16)13(19)15-12-5-3-2-4-11(12)14/h2-5H,6-9H2,1H3,(H,15,19). The summed E-state index contributed by atoms with van der Waals surface area (Å²) in [5, 5.41) is 2.90. The SMILES string of the molecule is CC(=O)N1CCN(C(=O)Nc2ccccc2I)CC1. The maximum atomic E-state index is 12.1. The number of hydrogen-bond acceptors (Lipinski definition) is 2. The van der Waals surface area contributed by atoms with Crippen molar-refractivity contribution in [2.45, 2.75) is 6.92 Å². The van der Waals surface area contributed by atoms with E-state index in [0.717, 1.165) is 9.26 Å². The first-order valence-electron chi connectivity index (χ1n) is 6.14. The molecule has 1 fully saturated rings. The van der Waals surface area contributed by atoms with Crippen LogP contribution in [0.5, 0.6) is 0 Å². The number of halogens is 1. The summed E-state index contributed by atoms with van der Waals surface area (Å²) in [5.74, 6) is 0.0673. The number of carbonyl (C=O) groups excluding carboxylic acids is 2. The molecular formula is C13H16IN3O2. The van der Waals surface area contributed by atoms with Crippen LogP contribution in [0.2, 0.25) is 0 Å². The lowest BCUT2D eigenvalue weighted by Gasteiger charge is -2.34. The number of nitrogens with one attached hydrogen (secondary N) is 1. The van der Waals surface area contributed by atoms with Crippen molar-refractivity contribution in [2.75, 3.05) is 31.5 Å². The summed E-state index contributed by atoms with van der Waals surface area (Å²) in [4.78, 5) is 26.8. The third-order valence-corrected chi connectivity index (χ3v) is 4.07. The fourth-order valence-electron chi connectivity index (χ4n) is 1.98. The smallest absolute Gasteiger partial charge is 0.321 e. The molecule has 0 unspecified atom stereocenters. The fourth-order valence-corrected chi connectivity index (χ4v) is 2.50. The average molecular weight is 373 g/mol. The molecule has 0 saturated carbocycles. The third kappa shape index (κ3) is 3.59. The van der Waals surface area contributed by atoms with E-state index in [4.69, 9.17) is 0 Å². The molecule has 0 aliphatic carbocycles. The van der Waals surface area contributed by atoms with Crippen LogP contribution in [0.15, 0.2) is 24.3 Å². The lowest BCUT2D eigenvalue weighted by molar-refractivity contribution is -0.130. The first-order valence-corrected chi connectivity index (χ1v) is 7.22. The number of urea groups is 1. The van der Waals surface area contributed by atoms with E-state index in [-0.39, 0.29) is 11.9 Å². The highest BCUT2D eigenvalue weighted by Gasteiger charge is 2.22. The van der Waals surface area contributed by atoms with Crippen LogP contribution < -0.4 is 5.32 Å². The van der Waals surface area contributed by atoms with Crippen molar-refractivity contribution in [3.8, 4) is 0 Å². The Labute approximate surface area is 126 Å². The highest BCUT2D eigenvalue weighted by Crippen LogP contribution is 2.17. The van der Waals surface area contributed by atoms with Gasteiger partial charge in [0.2, 0.25) is 5.91 Å². The van der Waals surface area contributed by atoms with Crippen LogP contribution in [0.3, 0.4) is 0 Å². The second-order valence-corrected chi connectivity index (χ2v) is 5.57. The van der Waals surface area contributed by atoms with Crippen molar-refractivity contribution in [2.24, 2.45) is 0 Å². The van der Waals surface area contributed by atoms with Gasteiger partial charge in [-0.25, -0.2) is 4.79 Å². The average Bonchev–Trinajstić information content (AvgIpc) is 2.41. The summed E-state index contributed by atoms with van der Waals surface area (Å²) >= 11 is 2.19. The molecule has 1 saturated heterocycles. The molecule has 1 heterocycles. The van der Waals surface area contributed by atoms with Crippen molar-refractivity contribution < 1.29 is 9.59 Å². The second kappa shape index (κ2) is 6.23. The highest BCUT2D eigenvalue weighted by atomic mass is 127. The van der Waals surface area contributed by atoms with E-state index in [1.54, 1.807) is 16.7 Å². The molecule has 19 heavy (non-hydrogen) atoms. The first kappa shape index (κ1) is 14.1. The molecule has 0 aromatic heterocycles. The van der Waals surface area contributed by atoms with E-state index in [0.29, 0.717) is 26.2 Å². The Morgan fingerprint density at radius 1 is 1.11 bits per heavy atom. The summed E-state index contributed by atoms with van der Waals surface area (Å²) in [6.45, 7) is 3.93. The Morgan fingerprint density at radius 3 is 2.26 bits per heavy atom. The van der Waals surface area contributed by atoms with E-state index < -0.39 is 0 Å². The molecule has 0 spiro atoms. The van der Waals surface area contributed by atoms with Gasteiger partial charge < -0.3 is 15.1 Å². The van der Waals surface area contributed by atoms with E-state index in [9.17, 15) is 9.59 Å². The second-order valence-electron chi connectivity index (χ2n) is 4.40. The number of rotatable bonds is 1. The van der Waals surface area contributed by atoms with Crippen LogP contribution >= 0.6 is 22.6 Å². The molecule has 0 radical (unpaired) electrons. The van der Waals surface area contributed by atoms with Crippen molar-refractivity contribution in [1.82, 2.24) is 9.80 Å². The van der Waals surface area contributed by atoms with Crippen LogP contribution in [0.4, 0.5) is 10.5 Å². The number of nitrogens with zero attached hydrogens (tertiary/aromatic N) is 2. The number of carbonyl (C=O) groups is 2. The Hall–Kier alpha value is -1.31. The molecule has 1 aromatic rings. The molecule has 0 bridgehead atoms. The number of anilines is 1. The summed E-state index contributed by atoms with van der Waals surface area (Å²) in [6.07, 6.45) is 0. The molecule has 1 aromatic carbocycles. The maximum Gasteiger partial charge on any atom is 0.321 e. The van der Waals surface area contributed by atoms with Gasteiger partial charge in [0.05, 0.1) is 5.69 Å². The predicted molar refractivity (Wildman–Crippen MR) is 82.0 cm³/mol. The zero-order chi connectivity index (χ0) is 13.8. The summed E-state index contributed by atoms with van der Waals surface area (Å²) < 4.78 is 1.01. The highest BCUT2D eigenvalue weighted by molar-refractivity contribution is 14.1. The van der Waals surface area contributed by atoms with Gasteiger partial charge in [0.25, 0.3) is 0 Å². The zero-order valence-corrected chi connectivity index (χ0v) is 12.9. The Kier molecular flexibility index (Phi) is 4.62. The predicted octanol–water partition coefficient (Wildman–Crippen LogP) is 1.99. The molecule has 0 atom stereocenters. The molecule has 1 aliphatic rings. The molecule has 1 aliphatic heterocycles. The minimum Gasteiger partial charge on any atom is -0.339 e. The van der Waals surface area contributed by atoms with Crippen molar-refractivity contribution in [1.29, 1.82) is 0 Å². The number of para-hydroxylation sites is 1. The van der Waals surface area contributed by atoms with Crippen molar-refractivity contribution in [3.05, 3.63) is 27.8 Å². The number of benzene rings is 1. The van der Waals surface area contributed by atoms with Gasteiger partial charge in [-0.15, -0.1) is 0 Å². The molecule has 2 rings (SSSR count). The molecule has 6 heteroatoms. The van der Waals surface area contributed by atoms with E-state index in [1.807, 2.05) is 24.3 Å². The molecule has 1 N–H and O–H groups in total. The van der Waals surface area contributed by atoms with Crippen LogP contribution in [0.25, 0.3) is 0 Å². The van der Waals surface area contributed by atoms with Crippen molar-refractivity contribution in [3.63, 3.8) is 0 Å². The lowest BCUT2D eigenvalue weighted by atomic mass is 10.3. The molecule has 102 valence electrons. The van der Waals surface area contributed by atoms with E-state index >= 15 is 0 Å². The number of amides is 3. The Balaban J connectivity index is 1.92. The van der Waals surface area contributed by atoms with E-state index in [2.05, 4.69) is 27.9 Å². The van der Waals surface area contributed by atoms with Gasteiger partial charge in [-0.3, -0.25) is 4.79 Å². The largest absolute Gasteiger partial charge is 0.339 e. The minimum atomic E-state index is -0.104. The quantitative estimate of drug-likeness (QED) is 0.766.